The molecule has 0 bridgehead atoms. The predicted octanol–water partition coefficient (Wildman–Crippen LogP) is 18.4. The number of rotatable bonds is 58. The Morgan fingerprint density at radius 2 is 0.676 bits per heavy atom. The van der Waals surface area contributed by atoms with Crippen LogP contribution in [0.15, 0.2) is 0 Å². The summed E-state index contributed by atoms with van der Waals surface area (Å²) in [7, 11) is 0. The van der Waals surface area contributed by atoms with Crippen LogP contribution in [0.25, 0.3) is 0 Å². The van der Waals surface area contributed by atoms with Crippen molar-refractivity contribution >= 4 is 17.9 Å². The van der Waals surface area contributed by atoms with Crippen molar-refractivity contribution in [3.63, 3.8) is 0 Å². The van der Waals surface area contributed by atoms with Crippen LogP contribution in [0.1, 0.15) is 324 Å². The van der Waals surface area contributed by atoms with Crippen molar-refractivity contribution in [2.45, 2.75) is 330 Å². The van der Waals surface area contributed by atoms with Crippen LogP contribution in [-0.2, 0) is 28.6 Å². The highest BCUT2D eigenvalue weighted by molar-refractivity contribution is 5.70. The third kappa shape index (κ3) is 51.6. The van der Waals surface area contributed by atoms with E-state index in [1.54, 1.807) is 0 Å². The summed E-state index contributed by atoms with van der Waals surface area (Å²) in [6, 6.07) is 0. The normalized spacial score (nSPS) is 12.9. The zero-order chi connectivity index (χ0) is 51.9. The number of hydrogen-bond acceptors (Lipinski definition) is 8. The van der Waals surface area contributed by atoms with Gasteiger partial charge in [0.15, 0.2) is 0 Å². The Labute approximate surface area is 443 Å². The molecule has 8 heteroatoms. The van der Waals surface area contributed by atoms with Crippen LogP contribution in [0.4, 0.5) is 0 Å². The number of esters is 3. The summed E-state index contributed by atoms with van der Waals surface area (Å²) in [5, 5.41) is 3.67. The van der Waals surface area contributed by atoms with Gasteiger partial charge in [0, 0.05) is 32.4 Å². The highest BCUT2D eigenvalue weighted by Gasteiger charge is 2.15. The fourth-order valence-electron chi connectivity index (χ4n) is 10.0. The van der Waals surface area contributed by atoms with E-state index < -0.39 is 0 Å². The number of nitrogens with zero attached hydrogens (tertiary/aromatic N) is 1. The molecule has 0 rings (SSSR count). The molecule has 0 aliphatic heterocycles. The third-order valence-corrected chi connectivity index (χ3v) is 14.9. The van der Waals surface area contributed by atoms with Gasteiger partial charge >= 0.3 is 17.9 Å². The molecule has 3 atom stereocenters. The molecule has 0 heterocycles. The van der Waals surface area contributed by atoms with Crippen LogP contribution in [0, 0.1) is 11.8 Å². The minimum absolute atomic E-state index is 0.0170. The second-order valence-corrected chi connectivity index (χ2v) is 22.1. The van der Waals surface area contributed by atoms with Gasteiger partial charge in [-0.15, -0.1) is 0 Å². The quantitative estimate of drug-likeness (QED) is 0.0366. The van der Waals surface area contributed by atoms with E-state index in [0.717, 1.165) is 103 Å². The molecule has 0 fully saturated rings. The highest BCUT2D eigenvalue weighted by Crippen LogP contribution is 2.22. The third-order valence-electron chi connectivity index (χ3n) is 14.9. The first-order chi connectivity index (χ1) is 34.8. The summed E-state index contributed by atoms with van der Waals surface area (Å²) in [4.78, 5) is 40.7. The maximum Gasteiger partial charge on any atom is 0.306 e. The molecular weight excluding hydrogens is 881 g/mol. The minimum atomic E-state index is -0.0425. The van der Waals surface area contributed by atoms with Gasteiger partial charge in [0.05, 0.1) is 19.3 Å². The molecule has 3 unspecified atom stereocenters. The Balaban J connectivity index is 4.83. The fraction of sp³-hybridized carbons (Fsp3) is 0.952. The SMILES string of the molecule is CCCCCCCCCC(C)OC(=O)CCCCCNCCN(CCCCCC(=O)OCC(CCCCCC)CCCCCCCC)CCCCCC(=O)OCC(CCCCCC)CCCCCCCC. The van der Waals surface area contributed by atoms with Crippen LogP contribution < -0.4 is 5.32 Å². The van der Waals surface area contributed by atoms with Gasteiger partial charge in [-0.05, 0) is 115 Å². The smallest absolute Gasteiger partial charge is 0.306 e. The lowest BCUT2D eigenvalue weighted by Gasteiger charge is -2.22. The largest absolute Gasteiger partial charge is 0.465 e. The zero-order valence-electron chi connectivity index (χ0n) is 48.7. The van der Waals surface area contributed by atoms with Crippen molar-refractivity contribution in [2.24, 2.45) is 11.8 Å². The second kappa shape index (κ2) is 56.1. The van der Waals surface area contributed by atoms with Gasteiger partial charge in [-0.2, -0.15) is 0 Å². The summed E-state index contributed by atoms with van der Waals surface area (Å²) in [6.45, 7) is 19.5. The number of unbranched alkanes of at least 4 members (excludes halogenated alkanes) is 28. The maximum absolute atomic E-state index is 12.9. The Hall–Kier alpha value is -1.67. The topological polar surface area (TPSA) is 94.2 Å². The summed E-state index contributed by atoms with van der Waals surface area (Å²) < 4.78 is 17.5. The number of hydrogen-bond donors (Lipinski definition) is 1. The number of nitrogens with one attached hydrogen (secondary N) is 1. The van der Waals surface area contributed by atoms with Crippen LogP contribution in [-0.4, -0.2) is 74.8 Å². The molecule has 0 aliphatic carbocycles. The second-order valence-electron chi connectivity index (χ2n) is 22.1. The van der Waals surface area contributed by atoms with Gasteiger partial charge in [-0.3, -0.25) is 14.4 Å². The number of carbonyl (C=O) groups excluding carboxylic acids is 3. The molecule has 422 valence electrons. The van der Waals surface area contributed by atoms with Crippen molar-refractivity contribution in [1.29, 1.82) is 0 Å². The molecule has 0 spiro atoms. The van der Waals surface area contributed by atoms with E-state index in [1.165, 1.54) is 193 Å². The Morgan fingerprint density at radius 1 is 0.352 bits per heavy atom. The van der Waals surface area contributed by atoms with Crippen molar-refractivity contribution < 1.29 is 28.6 Å². The van der Waals surface area contributed by atoms with Crippen molar-refractivity contribution in [3.05, 3.63) is 0 Å². The van der Waals surface area contributed by atoms with E-state index in [0.29, 0.717) is 44.3 Å². The molecule has 0 saturated heterocycles. The lowest BCUT2D eigenvalue weighted by Crippen LogP contribution is -2.34. The molecule has 0 aromatic heterocycles. The molecule has 0 aromatic rings. The molecule has 0 aromatic carbocycles. The van der Waals surface area contributed by atoms with Gasteiger partial charge in [0.1, 0.15) is 0 Å². The lowest BCUT2D eigenvalue weighted by atomic mass is 9.95. The van der Waals surface area contributed by atoms with E-state index in [2.05, 4.69) is 44.8 Å². The molecule has 8 nitrogen and oxygen atoms in total. The first kappa shape index (κ1) is 69.3. The van der Waals surface area contributed by atoms with E-state index in [9.17, 15) is 14.4 Å². The highest BCUT2D eigenvalue weighted by atomic mass is 16.5. The fourth-order valence-corrected chi connectivity index (χ4v) is 10.0. The lowest BCUT2D eigenvalue weighted by molar-refractivity contribution is -0.149. The number of ether oxygens (including phenoxy) is 3. The average Bonchev–Trinajstić information content (AvgIpc) is 3.36. The standard InChI is InChI=1S/C63H124N2O6/c1-7-12-17-22-25-26-32-43-58(6)71-63(68)50-37-29-40-51-64-52-55-65(53-41-30-38-48-61(66)69-56-59(44-33-20-15-10-4)46-35-27-23-18-13-8-2)54-42-31-39-49-62(67)70-57-60(45-34-21-16-11-5)47-36-28-24-19-14-9-3/h58-60,64H,7-57H2,1-6H3. The monoisotopic (exact) mass is 1000 g/mol. The Morgan fingerprint density at radius 3 is 1.08 bits per heavy atom. The van der Waals surface area contributed by atoms with E-state index >= 15 is 0 Å². The molecule has 0 amide bonds. The van der Waals surface area contributed by atoms with E-state index in [-0.39, 0.29) is 24.0 Å². The van der Waals surface area contributed by atoms with Crippen LogP contribution in [0.5, 0.6) is 0 Å². The van der Waals surface area contributed by atoms with Gasteiger partial charge in [-0.25, -0.2) is 0 Å². The first-order valence-electron chi connectivity index (χ1n) is 31.7. The van der Waals surface area contributed by atoms with Gasteiger partial charge in [0.2, 0.25) is 0 Å². The van der Waals surface area contributed by atoms with Crippen molar-refractivity contribution in [2.75, 3.05) is 45.9 Å². The van der Waals surface area contributed by atoms with Crippen LogP contribution in [0.2, 0.25) is 0 Å². The van der Waals surface area contributed by atoms with Crippen LogP contribution in [0.3, 0.4) is 0 Å². The van der Waals surface area contributed by atoms with Gasteiger partial charge in [-0.1, -0.05) is 221 Å². The number of carbonyl (C=O) groups is 3. The summed E-state index contributed by atoms with van der Waals surface area (Å²) in [5.74, 6) is 0.940. The summed E-state index contributed by atoms with van der Waals surface area (Å²) in [5.41, 5.74) is 0. The summed E-state index contributed by atoms with van der Waals surface area (Å²) in [6.07, 6.45) is 51.2. The van der Waals surface area contributed by atoms with E-state index in [4.69, 9.17) is 14.2 Å². The van der Waals surface area contributed by atoms with Crippen molar-refractivity contribution in [3.8, 4) is 0 Å². The zero-order valence-corrected chi connectivity index (χ0v) is 48.7. The Bertz CT molecular complexity index is 1060. The molecule has 1 N–H and O–H groups in total. The predicted molar refractivity (Wildman–Crippen MR) is 305 cm³/mol. The minimum Gasteiger partial charge on any atom is -0.465 e. The molecule has 0 radical (unpaired) electrons. The van der Waals surface area contributed by atoms with Gasteiger partial charge in [0.25, 0.3) is 0 Å². The van der Waals surface area contributed by atoms with Crippen molar-refractivity contribution in [1.82, 2.24) is 10.2 Å². The molecular formula is C63H124N2O6. The molecule has 0 aliphatic rings. The average molecular weight is 1010 g/mol. The Kier molecular flexibility index (Phi) is 54.7. The van der Waals surface area contributed by atoms with Gasteiger partial charge < -0.3 is 24.4 Å². The molecule has 0 saturated carbocycles. The van der Waals surface area contributed by atoms with E-state index in [1.807, 2.05) is 6.92 Å². The maximum atomic E-state index is 12.9. The first-order valence-corrected chi connectivity index (χ1v) is 31.7. The molecule has 71 heavy (non-hydrogen) atoms. The van der Waals surface area contributed by atoms with Crippen LogP contribution >= 0.6 is 0 Å². The summed E-state index contributed by atoms with van der Waals surface area (Å²) >= 11 is 0.